The summed E-state index contributed by atoms with van der Waals surface area (Å²) in [5, 5.41) is 0. The molecule has 4 nitrogen and oxygen atoms in total. The second-order valence-electron chi connectivity index (χ2n) is 5.46. The van der Waals surface area contributed by atoms with E-state index in [0.717, 1.165) is 11.1 Å². The van der Waals surface area contributed by atoms with Crippen molar-refractivity contribution < 1.29 is 19.1 Å². The van der Waals surface area contributed by atoms with Gasteiger partial charge >= 0.3 is 5.97 Å². The molecule has 0 unspecified atom stereocenters. The Morgan fingerprint density at radius 1 is 1.32 bits per heavy atom. The molecule has 1 heterocycles. The van der Waals surface area contributed by atoms with Crippen molar-refractivity contribution >= 4 is 11.8 Å². The fraction of sp³-hybridized carbons (Fsp3) is 0.333. The van der Waals surface area contributed by atoms with Crippen molar-refractivity contribution in [1.29, 1.82) is 0 Å². The summed E-state index contributed by atoms with van der Waals surface area (Å²) >= 11 is 0. The van der Waals surface area contributed by atoms with Crippen LogP contribution in [0, 0.1) is 18.8 Å². The van der Waals surface area contributed by atoms with Crippen molar-refractivity contribution in [3.63, 3.8) is 0 Å². The van der Waals surface area contributed by atoms with Crippen LogP contribution in [0.25, 0.3) is 0 Å². The lowest BCUT2D eigenvalue weighted by Crippen LogP contribution is -2.45. The van der Waals surface area contributed by atoms with Gasteiger partial charge in [0.1, 0.15) is 0 Å². The van der Waals surface area contributed by atoms with Gasteiger partial charge in [-0.3, -0.25) is 4.79 Å². The largest absolute Gasteiger partial charge is 0.470 e. The molecule has 22 heavy (non-hydrogen) atoms. The lowest BCUT2D eigenvalue weighted by atomic mass is 9.95. The second-order valence-corrected chi connectivity index (χ2v) is 5.46. The molecular formula is C18H18O4. The number of allylic oxidation sites excluding steroid dienone is 1. The number of aryl methyl sites for hydroxylation is 1. The first-order valence-electron chi connectivity index (χ1n) is 7.09. The summed E-state index contributed by atoms with van der Waals surface area (Å²) in [5.41, 5.74) is 0.292. The molecule has 114 valence electrons. The normalized spacial score (nSPS) is 20.1. The number of ether oxygens (including phenoxy) is 2. The summed E-state index contributed by atoms with van der Waals surface area (Å²) in [7, 11) is 0. The van der Waals surface area contributed by atoms with Gasteiger partial charge in [-0.1, -0.05) is 23.6 Å². The predicted octanol–water partition coefficient (Wildman–Crippen LogP) is 2.54. The predicted molar refractivity (Wildman–Crippen MR) is 81.9 cm³/mol. The molecule has 0 N–H and O–H groups in total. The molecule has 0 spiro atoms. The van der Waals surface area contributed by atoms with E-state index in [1.807, 2.05) is 31.2 Å². The van der Waals surface area contributed by atoms with E-state index >= 15 is 0 Å². The van der Waals surface area contributed by atoms with Crippen LogP contribution in [0.15, 0.2) is 36.6 Å². The monoisotopic (exact) mass is 298 g/mol. The zero-order chi connectivity index (χ0) is 16.2. The Bertz CT molecular complexity index is 659. The topological polar surface area (TPSA) is 52.6 Å². The van der Waals surface area contributed by atoms with Gasteiger partial charge < -0.3 is 9.47 Å². The molecular weight excluding hydrogens is 280 g/mol. The summed E-state index contributed by atoms with van der Waals surface area (Å²) in [6.07, 6.45) is 2.04. The molecule has 0 amide bonds. The number of carbonyl (C=O) groups excluding carboxylic acids is 2. The highest BCUT2D eigenvalue weighted by Crippen LogP contribution is 2.24. The highest BCUT2D eigenvalue weighted by atomic mass is 16.6. The lowest BCUT2D eigenvalue weighted by Gasteiger charge is -2.27. The molecule has 1 aliphatic heterocycles. The summed E-state index contributed by atoms with van der Waals surface area (Å²) in [6.45, 7) is 5.45. The minimum absolute atomic E-state index is 0.145. The van der Waals surface area contributed by atoms with Crippen molar-refractivity contribution in [2.75, 3.05) is 0 Å². The van der Waals surface area contributed by atoms with E-state index < -0.39 is 11.6 Å². The quantitative estimate of drug-likeness (QED) is 0.622. The average Bonchev–Trinajstić information content (AvgIpc) is 2.46. The molecule has 1 aromatic rings. The summed E-state index contributed by atoms with van der Waals surface area (Å²) < 4.78 is 10.6. The van der Waals surface area contributed by atoms with Gasteiger partial charge in [0.25, 0.3) is 5.60 Å². The molecule has 0 saturated heterocycles. The number of rotatable bonds is 2. The average molecular weight is 298 g/mol. The molecule has 0 fully saturated rings. The van der Waals surface area contributed by atoms with Crippen LogP contribution >= 0.6 is 0 Å². The Morgan fingerprint density at radius 2 is 2.00 bits per heavy atom. The number of benzene rings is 1. The van der Waals surface area contributed by atoms with Crippen molar-refractivity contribution in [3.05, 3.63) is 47.7 Å². The fourth-order valence-electron chi connectivity index (χ4n) is 1.94. The highest BCUT2D eigenvalue weighted by Gasteiger charge is 2.44. The van der Waals surface area contributed by atoms with E-state index in [4.69, 9.17) is 9.47 Å². The molecule has 1 atom stereocenters. The second kappa shape index (κ2) is 6.48. The number of esters is 1. The minimum atomic E-state index is -1.57. The van der Waals surface area contributed by atoms with Crippen LogP contribution in [-0.2, 0) is 19.1 Å². The van der Waals surface area contributed by atoms with E-state index in [-0.39, 0.29) is 18.3 Å². The maximum atomic E-state index is 12.3. The van der Waals surface area contributed by atoms with Crippen molar-refractivity contribution in [1.82, 2.24) is 0 Å². The van der Waals surface area contributed by atoms with E-state index in [9.17, 15) is 9.59 Å². The Hall–Kier alpha value is -2.54. The van der Waals surface area contributed by atoms with Gasteiger partial charge in [-0.15, -0.1) is 0 Å². The third-order valence-corrected chi connectivity index (χ3v) is 3.08. The smallest absolute Gasteiger partial charge is 0.364 e. The van der Waals surface area contributed by atoms with Crippen LogP contribution in [0.5, 0.6) is 0 Å². The highest BCUT2D eigenvalue weighted by molar-refractivity contribution is 5.98. The number of carbonyl (C=O) groups is 2. The van der Waals surface area contributed by atoms with Crippen LogP contribution in [-0.4, -0.2) is 23.5 Å². The molecule has 2 rings (SSSR count). The van der Waals surface area contributed by atoms with Gasteiger partial charge in [-0.05, 0) is 38.8 Å². The first-order valence-corrected chi connectivity index (χ1v) is 7.09. The number of hydrogen-bond acceptors (Lipinski definition) is 4. The zero-order valence-electron chi connectivity index (χ0n) is 12.9. The summed E-state index contributed by atoms with van der Waals surface area (Å²) in [5.74, 6) is 4.83. The third-order valence-electron chi connectivity index (χ3n) is 3.08. The third kappa shape index (κ3) is 3.76. The van der Waals surface area contributed by atoms with Crippen molar-refractivity contribution in [2.45, 2.75) is 38.9 Å². The fourth-order valence-corrected chi connectivity index (χ4v) is 1.94. The minimum Gasteiger partial charge on any atom is -0.470 e. The van der Waals surface area contributed by atoms with Gasteiger partial charge in [-0.25, -0.2) is 4.79 Å². The summed E-state index contributed by atoms with van der Waals surface area (Å²) in [6, 6.07) is 7.56. The van der Waals surface area contributed by atoms with Gasteiger partial charge in [0.05, 0.1) is 18.8 Å². The summed E-state index contributed by atoms with van der Waals surface area (Å²) in [4.78, 5) is 24.0. The van der Waals surface area contributed by atoms with Crippen LogP contribution in [0.1, 0.15) is 31.4 Å². The first-order chi connectivity index (χ1) is 10.4. The van der Waals surface area contributed by atoms with Gasteiger partial charge in [-0.2, -0.15) is 0 Å². The van der Waals surface area contributed by atoms with Crippen LogP contribution in [0.4, 0.5) is 0 Å². The molecule has 0 aliphatic carbocycles. The maximum absolute atomic E-state index is 12.3. The van der Waals surface area contributed by atoms with E-state index in [2.05, 4.69) is 11.8 Å². The van der Waals surface area contributed by atoms with E-state index in [1.54, 1.807) is 13.8 Å². The Morgan fingerprint density at radius 3 is 2.59 bits per heavy atom. The number of ketones is 1. The molecule has 0 bridgehead atoms. The standard InChI is InChI=1S/C18H18O4/c1-13(2)22-17(20)18(12-16(19)9-11-21-18)10-8-15-6-4-14(3)5-7-15/h4-7,9,11,13H,12H2,1-3H3/t18-/m1/s1. The van der Waals surface area contributed by atoms with Crippen LogP contribution in [0.2, 0.25) is 0 Å². The Kier molecular flexibility index (Phi) is 4.67. The van der Waals surface area contributed by atoms with E-state index in [1.165, 1.54) is 12.3 Å². The van der Waals surface area contributed by atoms with Crippen LogP contribution < -0.4 is 0 Å². The lowest BCUT2D eigenvalue weighted by molar-refractivity contribution is -0.166. The SMILES string of the molecule is Cc1ccc(C#C[C@]2(C(=O)OC(C)C)CC(=O)C=CO2)cc1. The van der Waals surface area contributed by atoms with Gasteiger partial charge in [0, 0.05) is 11.6 Å². The molecule has 0 radical (unpaired) electrons. The number of hydrogen-bond donors (Lipinski definition) is 0. The first kappa shape index (κ1) is 15.8. The van der Waals surface area contributed by atoms with Gasteiger partial charge in [0.2, 0.25) is 0 Å². The van der Waals surface area contributed by atoms with Crippen molar-refractivity contribution in [3.8, 4) is 11.8 Å². The molecule has 1 aromatic carbocycles. The molecule has 0 saturated carbocycles. The zero-order valence-corrected chi connectivity index (χ0v) is 12.9. The Balaban J connectivity index is 2.33. The molecule has 4 heteroatoms. The molecule has 0 aromatic heterocycles. The van der Waals surface area contributed by atoms with Gasteiger partial charge in [0.15, 0.2) is 5.78 Å². The van der Waals surface area contributed by atoms with Crippen molar-refractivity contribution in [2.24, 2.45) is 0 Å². The Labute approximate surface area is 130 Å². The van der Waals surface area contributed by atoms with Crippen LogP contribution in [0.3, 0.4) is 0 Å². The van der Waals surface area contributed by atoms with E-state index in [0.29, 0.717) is 0 Å². The molecule has 1 aliphatic rings. The maximum Gasteiger partial charge on any atom is 0.364 e.